The Morgan fingerprint density at radius 1 is 0.211 bits per heavy atom. The maximum atomic E-state index is 9.75. The first kappa shape index (κ1) is 101. The Morgan fingerprint density at radius 2 is 0.391 bits per heavy atom. The molecular weight excluding hydrogens is 1650 g/mol. The van der Waals surface area contributed by atoms with E-state index in [1.54, 1.807) is 0 Å². The molecule has 24 heteroatoms. The molecule has 4 unspecified atom stereocenters. The number of halogens is 16. The molecule has 4 atom stereocenters. The average Bonchev–Trinajstić information content (AvgIpc) is 0.781. The number of H-pyrrole nitrogens is 4. The quantitative estimate of drug-likeness (QED) is 0.0229. The number of pyridine rings is 4. The molecule has 4 heterocycles. The molecule has 4 aromatic heterocycles. The van der Waals surface area contributed by atoms with Crippen molar-refractivity contribution in [1.29, 1.82) is 0 Å². The average molecular weight is 1770 g/mol. The van der Waals surface area contributed by atoms with Crippen molar-refractivity contribution < 1.29 is 89.0 Å². The minimum absolute atomic E-state index is 0.0397. The summed E-state index contributed by atoms with van der Waals surface area (Å²) in [7, 11) is -24.0. The summed E-state index contributed by atoms with van der Waals surface area (Å²) in [5.41, 5.74) is 24.5. The highest BCUT2D eigenvalue weighted by Crippen LogP contribution is 2.45. The maximum Gasteiger partial charge on any atom is 0.673 e. The summed E-state index contributed by atoms with van der Waals surface area (Å²) in [6.07, 6.45) is 65.9. The fourth-order valence-corrected chi connectivity index (χ4v) is 17.0. The van der Waals surface area contributed by atoms with Crippen LogP contribution in [0.5, 0.6) is 0 Å². The second-order valence-electron chi connectivity index (χ2n) is 33.2. The van der Waals surface area contributed by atoms with Gasteiger partial charge in [-0.2, -0.15) is 0 Å². The Morgan fingerprint density at radius 3 is 0.547 bits per heavy atom. The van der Waals surface area contributed by atoms with E-state index in [1.165, 1.54) is 192 Å². The third-order valence-electron chi connectivity index (χ3n) is 23.5. The van der Waals surface area contributed by atoms with Crippen molar-refractivity contribution in [2.45, 2.75) is 203 Å². The van der Waals surface area contributed by atoms with Crippen LogP contribution in [0, 0.1) is 0 Å². The molecule has 0 aliphatic heterocycles. The summed E-state index contributed by atoms with van der Waals surface area (Å²) in [4.78, 5) is 15.8. The number of aromatic nitrogens is 4. The summed E-state index contributed by atoms with van der Waals surface area (Å²) in [5.74, 6) is 0. The summed E-state index contributed by atoms with van der Waals surface area (Å²) in [6, 6.07) is 81.0. The predicted molar refractivity (Wildman–Crippen MR) is 497 cm³/mol. The molecule has 0 fully saturated rings. The minimum Gasteiger partial charge on any atom is -0.418 e. The van der Waals surface area contributed by atoms with E-state index in [4.69, 9.17) is 0 Å². The monoisotopic (exact) mass is 1770 g/mol. The molecule has 4 aliphatic carbocycles. The van der Waals surface area contributed by atoms with E-state index < -0.39 is 29.0 Å². The largest absolute Gasteiger partial charge is 0.673 e. The second-order valence-corrected chi connectivity index (χ2v) is 33.2. The van der Waals surface area contributed by atoms with Gasteiger partial charge in [0.05, 0.1) is 21.7 Å². The van der Waals surface area contributed by atoms with Gasteiger partial charge in [0.2, 0.25) is 22.8 Å². The molecule has 4 aliphatic rings. The lowest BCUT2D eigenvalue weighted by Crippen LogP contribution is -2.33. The Bertz CT molecular complexity index is 4630. The second kappa shape index (κ2) is 49.0. The lowest BCUT2D eigenvalue weighted by molar-refractivity contribution is -0.384. The first-order chi connectivity index (χ1) is 61.2. The Balaban J connectivity index is 0.000000238. The van der Waals surface area contributed by atoms with E-state index in [9.17, 15) is 69.1 Å². The van der Waals surface area contributed by atoms with Crippen LogP contribution in [0.1, 0.15) is 205 Å². The molecular formula is C104H116B4F16N4. The summed E-state index contributed by atoms with van der Waals surface area (Å²) in [5, 5.41) is 0. The molecule has 4 N–H and O–H groups in total. The minimum atomic E-state index is -6.00. The number of aromatic amines is 4. The highest BCUT2D eigenvalue weighted by atomic mass is 19.5. The van der Waals surface area contributed by atoms with Crippen molar-refractivity contribution in [3.63, 3.8) is 0 Å². The molecule has 6 aromatic carbocycles. The Kier molecular flexibility index (Phi) is 38.5. The number of rotatable bonds is 32. The number of hydrogen-bond donors (Lipinski definition) is 0. The lowest BCUT2D eigenvalue weighted by atomic mass is 9.73. The van der Waals surface area contributed by atoms with Gasteiger partial charge in [-0.1, -0.05) is 349 Å². The Hall–Kier alpha value is -11.0. The lowest BCUT2D eigenvalue weighted by Gasteiger charge is -2.28. The van der Waals surface area contributed by atoms with E-state index in [2.05, 4.69) is 363 Å². The Labute approximate surface area is 745 Å². The van der Waals surface area contributed by atoms with Crippen molar-refractivity contribution in [2.75, 3.05) is 0 Å². The number of unbranched alkanes of at least 4 members (excludes halogenated alkanes) is 12. The fraction of sp³-hybridized carbons (Fsp3) is 0.308. The van der Waals surface area contributed by atoms with Gasteiger partial charge >= 0.3 is 29.0 Å². The first-order valence-electron chi connectivity index (χ1n) is 44.8. The standard InChI is InChI=1S/2C52H56N2.4BF4/c2*1-3-5-7-17-31-51(33-19-11-20-34-51)49-39-45(37-47(53-49)43-23-13-9-14-24-43)41-27-29-42(30-28-41)46-38-48(44-25-15-10-16-26-44)54-50(40-46)52(32-18-8-6-4-2)35-21-12-22-36-52;4*2-1(3,4)5/h2*9-16,19-30,33,35,37-40H,3-8,17-18,31-32,34,36H2,1-2H3;;;;/q;;4*-1/p+4. The third-order valence-corrected chi connectivity index (χ3v) is 23.5. The van der Waals surface area contributed by atoms with Crippen LogP contribution in [-0.2, 0) is 21.7 Å². The van der Waals surface area contributed by atoms with Crippen molar-refractivity contribution >= 4 is 29.0 Å². The van der Waals surface area contributed by atoms with Gasteiger partial charge in [0.25, 0.3) is 0 Å². The van der Waals surface area contributed by atoms with Gasteiger partial charge in [0.15, 0.2) is 22.8 Å². The van der Waals surface area contributed by atoms with Gasteiger partial charge in [-0.3, -0.25) is 0 Å². The van der Waals surface area contributed by atoms with Crippen LogP contribution >= 0.6 is 0 Å². The summed E-state index contributed by atoms with van der Waals surface area (Å²) < 4.78 is 156. The molecule has 0 saturated carbocycles. The van der Waals surface area contributed by atoms with Gasteiger partial charge in [0.1, 0.15) is 0 Å². The van der Waals surface area contributed by atoms with Crippen LogP contribution in [0.3, 0.4) is 0 Å². The zero-order valence-electron chi connectivity index (χ0n) is 73.3. The fourth-order valence-electron chi connectivity index (χ4n) is 17.0. The van der Waals surface area contributed by atoms with Gasteiger partial charge in [0, 0.05) is 70.8 Å². The van der Waals surface area contributed by atoms with E-state index >= 15 is 0 Å². The number of benzene rings is 6. The zero-order valence-corrected chi connectivity index (χ0v) is 73.3. The van der Waals surface area contributed by atoms with Crippen molar-refractivity contribution in [1.82, 2.24) is 0 Å². The van der Waals surface area contributed by atoms with Crippen LogP contribution < -0.4 is 19.9 Å². The van der Waals surface area contributed by atoms with Crippen molar-refractivity contribution in [3.8, 4) is 89.5 Å². The molecule has 128 heavy (non-hydrogen) atoms. The highest BCUT2D eigenvalue weighted by Gasteiger charge is 2.41. The molecule has 0 radical (unpaired) electrons. The maximum absolute atomic E-state index is 9.75. The molecule has 0 spiro atoms. The zero-order chi connectivity index (χ0) is 92.1. The molecule has 10 aromatic rings. The number of hydrogen-bond acceptors (Lipinski definition) is 0. The normalized spacial score (nSPS) is 17.9. The van der Waals surface area contributed by atoms with Crippen LogP contribution in [0.15, 0.2) is 316 Å². The van der Waals surface area contributed by atoms with Crippen LogP contribution in [0.4, 0.5) is 69.1 Å². The van der Waals surface area contributed by atoms with E-state index in [0.717, 1.165) is 74.1 Å². The van der Waals surface area contributed by atoms with E-state index in [0.29, 0.717) is 0 Å². The number of allylic oxidation sites excluding steroid dienone is 16. The molecule has 0 amide bonds. The summed E-state index contributed by atoms with van der Waals surface area (Å²) in [6.45, 7) is 9.18. The SMILES string of the molecule is CCCCCCC1(c2cc(-c3ccc(-c4cc(-c5ccccc5)[nH+]c(C5(CCCCCC)C=CC=CC5)c4)cc3)cc(-c3ccccc3)[nH+]2)C=CC=CC1.CCCCCCC1(c2cc(-c3ccc(-c4cc(-c5ccccc5)[nH+]c(C5(CCCCCC)C=CC=CC5)c4)cc3)cc(-c3ccccc3)[nH+]2)C=CC=CC1.F[B-](F)(F)F.F[B-](F)(F)F.F[B-](F)(F)F.F[B-](F)(F)F. The molecule has 4 nitrogen and oxygen atoms in total. The van der Waals surface area contributed by atoms with Gasteiger partial charge < -0.3 is 69.1 Å². The van der Waals surface area contributed by atoms with E-state index in [-0.39, 0.29) is 21.7 Å². The third kappa shape index (κ3) is 32.9. The van der Waals surface area contributed by atoms with Crippen LogP contribution in [0.2, 0.25) is 0 Å². The predicted octanol–water partition coefficient (Wildman–Crippen LogP) is 32.1. The van der Waals surface area contributed by atoms with Crippen molar-refractivity contribution in [3.05, 3.63) is 338 Å². The summed E-state index contributed by atoms with van der Waals surface area (Å²) >= 11 is 0. The van der Waals surface area contributed by atoms with E-state index in [1.807, 2.05) is 0 Å². The topological polar surface area (TPSA) is 56.6 Å². The van der Waals surface area contributed by atoms with Crippen molar-refractivity contribution in [2.24, 2.45) is 0 Å². The van der Waals surface area contributed by atoms with Crippen LogP contribution in [-0.4, -0.2) is 29.0 Å². The highest BCUT2D eigenvalue weighted by molar-refractivity contribution is 6.51. The molecule has 14 rings (SSSR count). The van der Waals surface area contributed by atoms with Gasteiger partial charge in [-0.15, -0.1) is 0 Å². The molecule has 676 valence electrons. The van der Waals surface area contributed by atoms with Crippen LogP contribution in [0.25, 0.3) is 89.5 Å². The van der Waals surface area contributed by atoms with Gasteiger partial charge in [-0.25, -0.2) is 19.9 Å². The van der Waals surface area contributed by atoms with Gasteiger partial charge in [-0.05, 0) is 144 Å². The number of nitrogens with one attached hydrogen (secondary N) is 4. The first-order valence-corrected chi connectivity index (χ1v) is 44.8. The molecule has 0 saturated heterocycles. The smallest absolute Gasteiger partial charge is 0.418 e. The molecule has 0 bridgehead atoms.